The highest BCUT2D eigenvalue weighted by Gasteiger charge is 2.48. The molecule has 0 fully saturated rings. The van der Waals surface area contributed by atoms with Crippen molar-refractivity contribution in [2.45, 2.75) is 72.3 Å². The van der Waals surface area contributed by atoms with Gasteiger partial charge in [0.15, 0.2) is 16.5 Å². The molecule has 0 aliphatic heterocycles. The van der Waals surface area contributed by atoms with Crippen LogP contribution >= 0.6 is 8.09 Å². The van der Waals surface area contributed by atoms with Crippen molar-refractivity contribution in [1.82, 2.24) is 4.00 Å². The average molecular weight is 338 g/mol. The molecule has 0 N–H and O–H groups in total. The van der Waals surface area contributed by atoms with Gasteiger partial charge in [-0.05, 0) is 26.1 Å². The van der Waals surface area contributed by atoms with Gasteiger partial charge in [0.1, 0.15) is 6.61 Å². The molecule has 0 bridgehead atoms. The molecule has 0 aromatic rings. The fraction of sp³-hybridized carbons (Fsp3) is 1.00. The van der Waals surface area contributed by atoms with Crippen molar-refractivity contribution in [2.75, 3.05) is 6.61 Å². The molecule has 0 spiro atoms. The van der Waals surface area contributed by atoms with Gasteiger partial charge < -0.3 is 0 Å². The first-order chi connectivity index (χ1) is 8.29. The number of nitrogens with zero attached hydrogens (tertiary/aromatic N) is 2. The van der Waals surface area contributed by atoms with E-state index in [-0.39, 0.29) is 0 Å². The molecule has 0 rings (SSSR count). The first-order valence-corrected chi connectivity index (χ1v) is 18.8. The van der Waals surface area contributed by atoms with Crippen LogP contribution in [0.2, 0.25) is 58.9 Å². The SMILES string of the molecule is CCCO[P+](=N[Si](C)(C)C)N([Si](C)(C)C)[Si](C)(C)C. The number of hydrogen-bond donors (Lipinski definition) is 0. The van der Waals surface area contributed by atoms with Crippen molar-refractivity contribution < 1.29 is 4.52 Å². The van der Waals surface area contributed by atoms with Crippen LogP contribution in [0, 0.1) is 0 Å². The largest absolute Gasteiger partial charge is 0.451 e. The Hall–Kier alpha value is 0.671. The molecular weight excluding hydrogens is 303 g/mol. The third-order valence-electron chi connectivity index (χ3n) is 2.24. The highest BCUT2D eigenvalue weighted by Crippen LogP contribution is 2.43. The van der Waals surface area contributed by atoms with E-state index >= 15 is 0 Å². The summed E-state index contributed by atoms with van der Waals surface area (Å²) in [6, 6.07) is 0. The van der Waals surface area contributed by atoms with Gasteiger partial charge in [0.05, 0.1) is 0 Å². The van der Waals surface area contributed by atoms with Crippen LogP contribution in [0.3, 0.4) is 0 Å². The van der Waals surface area contributed by atoms with Crippen molar-refractivity contribution in [3.63, 3.8) is 0 Å². The first kappa shape index (κ1) is 19.7. The summed E-state index contributed by atoms with van der Waals surface area (Å²) in [7, 11) is -5.02. The van der Waals surface area contributed by atoms with Crippen molar-refractivity contribution in [3.05, 3.63) is 0 Å². The Morgan fingerprint density at radius 1 is 0.895 bits per heavy atom. The molecule has 0 aromatic heterocycles. The van der Waals surface area contributed by atoms with Gasteiger partial charge in [-0.2, -0.15) is 0 Å². The highest BCUT2D eigenvalue weighted by atomic mass is 31.1. The van der Waals surface area contributed by atoms with Crippen LogP contribution in [0.15, 0.2) is 4.41 Å². The molecule has 0 heterocycles. The Morgan fingerprint density at radius 2 is 1.32 bits per heavy atom. The summed E-state index contributed by atoms with van der Waals surface area (Å²) in [4.78, 5) is 0. The summed E-state index contributed by atoms with van der Waals surface area (Å²) in [5, 5.41) is 0. The lowest BCUT2D eigenvalue weighted by atomic mass is 10.5. The van der Waals surface area contributed by atoms with Crippen molar-refractivity contribution in [1.29, 1.82) is 0 Å². The van der Waals surface area contributed by atoms with E-state index in [9.17, 15) is 0 Å². The molecule has 0 aliphatic carbocycles. The van der Waals surface area contributed by atoms with Crippen LogP contribution in [0.4, 0.5) is 0 Å². The predicted molar refractivity (Wildman–Crippen MR) is 97.5 cm³/mol. The van der Waals surface area contributed by atoms with E-state index in [2.05, 4.69) is 69.8 Å². The lowest BCUT2D eigenvalue weighted by molar-refractivity contribution is 0.347. The van der Waals surface area contributed by atoms with Crippen LogP contribution in [0.5, 0.6) is 0 Å². The molecule has 19 heavy (non-hydrogen) atoms. The van der Waals surface area contributed by atoms with Crippen molar-refractivity contribution >= 4 is 32.8 Å². The van der Waals surface area contributed by atoms with Crippen LogP contribution in [0.25, 0.3) is 0 Å². The Balaban J connectivity index is 5.58. The molecule has 0 saturated carbocycles. The van der Waals surface area contributed by atoms with E-state index in [0.717, 1.165) is 13.0 Å². The van der Waals surface area contributed by atoms with Crippen LogP contribution in [-0.4, -0.2) is 35.3 Å². The molecule has 1 unspecified atom stereocenters. The van der Waals surface area contributed by atoms with E-state index in [0.29, 0.717) is 0 Å². The van der Waals surface area contributed by atoms with Crippen LogP contribution in [-0.2, 0) is 4.52 Å². The Bertz CT molecular complexity index is 302. The second-order valence-electron chi connectivity index (χ2n) is 8.01. The molecule has 7 heteroatoms. The second kappa shape index (κ2) is 7.09. The lowest BCUT2D eigenvalue weighted by Gasteiger charge is -2.34. The molecule has 0 aliphatic rings. The molecule has 3 nitrogen and oxygen atoms in total. The van der Waals surface area contributed by atoms with Gasteiger partial charge >= 0.3 is 8.09 Å². The average Bonchev–Trinajstić information content (AvgIpc) is 2.06. The van der Waals surface area contributed by atoms with Crippen LogP contribution in [0.1, 0.15) is 13.3 Å². The highest BCUT2D eigenvalue weighted by molar-refractivity contribution is 7.47. The summed E-state index contributed by atoms with van der Waals surface area (Å²) in [5.41, 5.74) is 0. The fourth-order valence-electron chi connectivity index (χ4n) is 2.08. The minimum atomic E-state index is -1.46. The minimum absolute atomic E-state index is 0.751. The van der Waals surface area contributed by atoms with Gasteiger partial charge in [0.2, 0.25) is 8.24 Å². The fourth-order valence-corrected chi connectivity index (χ4v) is 18.5. The molecule has 0 radical (unpaired) electrons. The van der Waals surface area contributed by atoms with E-state index in [4.69, 9.17) is 8.93 Å². The second-order valence-corrected chi connectivity index (χ2v) is 25.1. The molecule has 0 saturated heterocycles. The van der Waals surface area contributed by atoms with Gasteiger partial charge in [-0.25, -0.2) is 0 Å². The minimum Gasteiger partial charge on any atom is -0.147 e. The van der Waals surface area contributed by atoms with E-state index in [1.54, 1.807) is 0 Å². The van der Waals surface area contributed by atoms with Crippen molar-refractivity contribution in [3.8, 4) is 0 Å². The monoisotopic (exact) mass is 337 g/mol. The number of hydrogen-bond acceptors (Lipinski definition) is 2. The van der Waals surface area contributed by atoms with Gasteiger partial charge in [0.25, 0.3) is 0 Å². The Kier molecular flexibility index (Phi) is 7.34. The summed E-state index contributed by atoms with van der Waals surface area (Å²) >= 11 is 0. The molecule has 1 atom stereocenters. The maximum atomic E-state index is 6.21. The maximum Gasteiger partial charge on any atom is 0.451 e. The molecule has 114 valence electrons. The standard InChI is InChI=1S/C12H34N2OPSi3/c1-11-12-15-16(13-17(2,3)4)14(18(5,6)7)19(8,9)10/h11-12H2,1-10H3/q+1. The normalized spacial score (nSPS) is 15.2. The maximum absolute atomic E-state index is 6.21. The zero-order valence-electron chi connectivity index (χ0n) is 14.7. The van der Waals surface area contributed by atoms with Gasteiger partial charge in [-0.3, -0.25) is 0 Å². The van der Waals surface area contributed by atoms with E-state index in [1.165, 1.54) is 0 Å². The first-order valence-electron chi connectivity index (χ1n) is 7.25. The van der Waals surface area contributed by atoms with Gasteiger partial charge in [-0.1, -0.05) is 46.2 Å². The Morgan fingerprint density at radius 3 is 1.58 bits per heavy atom. The summed E-state index contributed by atoms with van der Waals surface area (Å²) in [5.74, 6) is 0. The smallest absolute Gasteiger partial charge is 0.147 e. The van der Waals surface area contributed by atoms with Crippen LogP contribution < -0.4 is 0 Å². The molecule has 0 amide bonds. The van der Waals surface area contributed by atoms with Gasteiger partial charge in [-0.15, -0.1) is 12.9 Å². The Labute approximate surface area is 125 Å². The predicted octanol–water partition coefficient (Wildman–Crippen LogP) is 5.72. The third kappa shape index (κ3) is 7.87. The van der Waals surface area contributed by atoms with E-state index < -0.39 is 32.8 Å². The quantitative estimate of drug-likeness (QED) is 0.439. The molecule has 0 aromatic carbocycles. The van der Waals surface area contributed by atoms with Gasteiger partial charge in [0, 0.05) is 0 Å². The zero-order chi connectivity index (χ0) is 15.5. The summed E-state index contributed by atoms with van der Waals surface area (Å²) < 4.78 is 14.1. The zero-order valence-corrected chi connectivity index (χ0v) is 18.6. The number of rotatable bonds is 7. The topological polar surface area (TPSA) is 24.8 Å². The van der Waals surface area contributed by atoms with E-state index in [1.807, 2.05) is 0 Å². The molecular formula is C12H34N2OPSi3+. The van der Waals surface area contributed by atoms with Crippen molar-refractivity contribution in [2.24, 2.45) is 4.41 Å². The summed E-state index contributed by atoms with van der Waals surface area (Å²) in [6.45, 7) is 24.5. The lowest BCUT2D eigenvalue weighted by Crippen LogP contribution is -2.55. The summed E-state index contributed by atoms with van der Waals surface area (Å²) in [6.07, 6.45) is 1.07. The third-order valence-corrected chi connectivity index (χ3v) is 17.3.